The Morgan fingerprint density at radius 3 is 2.58 bits per heavy atom. The Labute approximate surface area is 119 Å². The van der Waals surface area contributed by atoms with Gasteiger partial charge in [-0.2, -0.15) is 0 Å². The summed E-state index contributed by atoms with van der Waals surface area (Å²) in [4.78, 5) is 12.2. The lowest BCUT2D eigenvalue weighted by Crippen LogP contribution is -2.39. The third kappa shape index (κ3) is 3.71. The normalized spacial score (nSPS) is 23.1. The number of halogens is 1. The number of benzene rings is 1. The molecule has 1 aromatic rings. The van der Waals surface area contributed by atoms with Crippen molar-refractivity contribution in [3.8, 4) is 0 Å². The summed E-state index contributed by atoms with van der Waals surface area (Å²) in [6, 6.07) is 5.62. The second-order valence-corrected chi connectivity index (χ2v) is 5.58. The van der Waals surface area contributed by atoms with Gasteiger partial charge in [-0.05, 0) is 56.4 Å². The Morgan fingerprint density at radius 1 is 1.32 bits per heavy atom. The van der Waals surface area contributed by atoms with Gasteiger partial charge in [0, 0.05) is 23.7 Å². The number of carbonyl (C=O) groups is 1. The van der Waals surface area contributed by atoms with Crippen molar-refractivity contribution in [1.82, 2.24) is 5.32 Å². The molecule has 0 saturated heterocycles. The average molecular weight is 282 g/mol. The summed E-state index contributed by atoms with van der Waals surface area (Å²) >= 11 is 5.90. The fourth-order valence-corrected chi connectivity index (χ4v) is 2.81. The van der Waals surface area contributed by atoms with Crippen LogP contribution in [0.3, 0.4) is 0 Å². The molecule has 4 heteroatoms. The zero-order valence-corrected chi connectivity index (χ0v) is 12.2. The van der Waals surface area contributed by atoms with E-state index in [2.05, 4.69) is 5.32 Å². The summed E-state index contributed by atoms with van der Waals surface area (Å²) in [6.07, 6.45) is 4.35. The van der Waals surface area contributed by atoms with Gasteiger partial charge in [0.2, 0.25) is 0 Å². The van der Waals surface area contributed by atoms with E-state index in [1.807, 2.05) is 13.0 Å². The molecule has 104 valence electrons. The first-order valence-corrected chi connectivity index (χ1v) is 7.07. The molecule has 0 aliphatic heterocycles. The van der Waals surface area contributed by atoms with Crippen LogP contribution in [0.5, 0.6) is 0 Å². The zero-order valence-electron chi connectivity index (χ0n) is 11.4. The summed E-state index contributed by atoms with van der Waals surface area (Å²) in [6.45, 7) is 1.91. The van der Waals surface area contributed by atoms with E-state index in [1.165, 1.54) is 0 Å². The van der Waals surface area contributed by atoms with Crippen molar-refractivity contribution in [3.05, 3.63) is 34.3 Å². The van der Waals surface area contributed by atoms with Crippen LogP contribution in [0.2, 0.25) is 5.02 Å². The molecule has 1 aliphatic carbocycles. The molecule has 0 radical (unpaired) electrons. The van der Waals surface area contributed by atoms with Crippen molar-refractivity contribution >= 4 is 17.5 Å². The van der Waals surface area contributed by atoms with Gasteiger partial charge in [0.1, 0.15) is 0 Å². The average Bonchev–Trinajstić information content (AvgIpc) is 2.39. The fourth-order valence-electron chi connectivity index (χ4n) is 2.59. The van der Waals surface area contributed by atoms with Crippen molar-refractivity contribution < 1.29 is 9.53 Å². The Balaban J connectivity index is 1.94. The first-order valence-electron chi connectivity index (χ1n) is 6.70. The van der Waals surface area contributed by atoms with Crippen LogP contribution in [-0.4, -0.2) is 25.2 Å². The van der Waals surface area contributed by atoms with Gasteiger partial charge in [-0.15, -0.1) is 0 Å². The molecule has 19 heavy (non-hydrogen) atoms. The van der Waals surface area contributed by atoms with Crippen LogP contribution in [0, 0.1) is 6.92 Å². The van der Waals surface area contributed by atoms with Crippen molar-refractivity contribution in [2.24, 2.45) is 0 Å². The number of hydrogen-bond acceptors (Lipinski definition) is 2. The summed E-state index contributed by atoms with van der Waals surface area (Å²) in [5, 5.41) is 3.76. The number of ether oxygens (including phenoxy) is 1. The molecule has 1 saturated carbocycles. The van der Waals surface area contributed by atoms with Crippen molar-refractivity contribution in [2.45, 2.75) is 44.8 Å². The summed E-state index contributed by atoms with van der Waals surface area (Å²) in [7, 11) is 1.75. The van der Waals surface area contributed by atoms with Gasteiger partial charge in [-0.25, -0.2) is 0 Å². The molecule has 1 N–H and O–H groups in total. The number of rotatable bonds is 3. The quantitative estimate of drug-likeness (QED) is 0.923. The van der Waals surface area contributed by atoms with Crippen LogP contribution in [0.15, 0.2) is 18.2 Å². The fraction of sp³-hybridized carbons (Fsp3) is 0.533. The Kier molecular flexibility index (Phi) is 4.83. The van der Waals surface area contributed by atoms with Crippen LogP contribution in [0.25, 0.3) is 0 Å². The molecule has 1 fully saturated rings. The largest absolute Gasteiger partial charge is 0.381 e. The van der Waals surface area contributed by atoms with Crippen LogP contribution in [0.1, 0.15) is 41.6 Å². The minimum Gasteiger partial charge on any atom is -0.381 e. The molecule has 1 amide bonds. The van der Waals surface area contributed by atoms with Gasteiger partial charge in [0.05, 0.1) is 6.10 Å². The van der Waals surface area contributed by atoms with Crippen LogP contribution < -0.4 is 5.32 Å². The molecule has 1 aromatic carbocycles. The van der Waals surface area contributed by atoms with Crippen LogP contribution >= 0.6 is 11.6 Å². The molecular formula is C15H20ClNO2. The maximum atomic E-state index is 12.2. The second-order valence-electron chi connectivity index (χ2n) is 5.14. The Hall–Kier alpha value is -1.06. The van der Waals surface area contributed by atoms with E-state index >= 15 is 0 Å². The van der Waals surface area contributed by atoms with Gasteiger partial charge in [-0.1, -0.05) is 11.6 Å². The second kappa shape index (κ2) is 6.40. The topological polar surface area (TPSA) is 38.3 Å². The first kappa shape index (κ1) is 14.4. The minimum absolute atomic E-state index is 0.00460. The molecule has 0 spiro atoms. The molecule has 3 nitrogen and oxygen atoms in total. The minimum atomic E-state index is -0.00460. The standard InChI is InChI=1S/C15H20ClNO2/c1-10-9-11(16)3-8-14(10)15(18)17-12-4-6-13(19-2)7-5-12/h3,8-9,12-13H,4-7H2,1-2H3,(H,17,18). The summed E-state index contributed by atoms with van der Waals surface area (Å²) in [5.41, 5.74) is 1.62. The van der Waals surface area contributed by atoms with E-state index in [9.17, 15) is 4.79 Å². The molecule has 1 aliphatic rings. The van der Waals surface area contributed by atoms with Crippen molar-refractivity contribution in [1.29, 1.82) is 0 Å². The van der Waals surface area contributed by atoms with Gasteiger partial charge < -0.3 is 10.1 Å². The van der Waals surface area contributed by atoms with E-state index in [-0.39, 0.29) is 11.9 Å². The zero-order chi connectivity index (χ0) is 13.8. The van der Waals surface area contributed by atoms with Gasteiger partial charge in [-0.3, -0.25) is 4.79 Å². The van der Waals surface area contributed by atoms with E-state index in [4.69, 9.17) is 16.3 Å². The number of hydrogen-bond donors (Lipinski definition) is 1. The Morgan fingerprint density at radius 2 is 2.00 bits per heavy atom. The molecule has 0 unspecified atom stereocenters. The maximum Gasteiger partial charge on any atom is 0.251 e. The summed E-state index contributed by atoms with van der Waals surface area (Å²) in [5.74, 6) is -0.00460. The highest BCUT2D eigenvalue weighted by Crippen LogP contribution is 2.21. The van der Waals surface area contributed by atoms with Crippen LogP contribution in [-0.2, 0) is 4.74 Å². The first-order chi connectivity index (χ1) is 9.10. The van der Waals surface area contributed by atoms with Crippen LogP contribution in [0.4, 0.5) is 0 Å². The monoisotopic (exact) mass is 281 g/mol. The van der Waals surface area contributed by atoms with Gasteiger partial charge >= 0.3 is 0 Å². The van der Waals surface area contributed by atoms with E-state index in [0.29, 0.717) is 16.7 Å². The number of aryl methyl sites for hydroxylation is 1. The molecule has 0 heterocycles. The molecular weight excluding hydrogens is 262 g/mol. The van der Waals surface area contributed by atoms with E-state index in [1.54, 1.807) is 19.2 Å². The number of carbonyl (C=O) groups excluding carboxylic acids is 1. The Bertz CT molecular complexity index is 453. The lowest BCUT2D eigenvalue weighted by molar-refractivity contribution is 0.0599. The highest BCUT2D eigenvalue weighted by Gasteiger charge is 2.22. The predicted molar refractivity (Wildman–Crippen MR) is 76.7 cm³/mol. The lowest BCUT2D eigenvalue weighted by Gasteiger charge is -2.28. The predicted octanol–water partition coefficient (Wildman–Crippen LogP) is 3.34. The maximum absolute atomic E-state index is 12.2. The summed E-state index contributed by atoms with van der Waals surface area (Å²) < 4.78 is 5.33. The SMILES string of the molecule is COC1CCC(NC(=O)c2ccc(Cl)cc2C)CC1. The third-order valence-corrected chi connectivity index (χ3v) is 4.01. The highest BCUT2D eigenvalue weighted by molar-refractivity contribution is 6.30. The molecule has 0 atom stereocenters. The molecule has 2 rings (SSSR count). The lowest BCUT2D eigenvalue weighted by atomic mass is 9.92. The van der Waals surface area contributed by atoms with Gasteiger partial charge in [0.25, 0.3) is 5.91 Å². The number of methoxy groups -OCH3 is 1. The van der Waals surface area contributed by atoms with E-state index in [0.717, 1.165) is 31.2 Å². The van der Waals surface area contributed by atoms with E-state index < -0.39 is 0 Å². The number of nitrogens with one attached hydrogen (secondary N) is 1. The smallest absolute Gasteiger partial charge is 0.251 e. The van der Waals surface area contributed by atoms with Crippen molar-refractivity contribution in [3.63, 3.8) is 0 Å². The van der Waals surface area contributed by atoms with Gasteiger partial charge in [0.15, 0.2) is 0 Å². The molecule has 0 aromatic heterocycles. The van der Waals surface area contributed by atoms with Crippen molar-refractivity contribution in [2.75, 3.05) is 7.11 Å². The third-order valence-electron chi connectivity index (χ3n) is 3.78. The number of amides is 1. The molecule has 0 bridgehead atoms. The highest BCUT2D eigenvalue weighted by atomic mass is 35.5.